The molecular formula is C15H17N3O6. The summed E-state index contributed by atoms with van der Waals surface area (Å²) in [4.78, 5) is 46.7. The summed E-state index contributed by atoms with van der Waals surface area (Å²) in [6, 6.07) is 7.73. The van der Waals surface area contributed by atoms with E-state index in [1.807, 2.05) is 6.07 Å². The number of carbonyl (C=O) groups is 4. The van der Waals surface area contributed by atoms with Gasteiger partial charge in [0.25, 0.3) is 12.1 Å². The van der Waals surface area contributed by atoms with E-state index in [0.29, 0.717) is 4.90 Å². The molecule has 9 nitrogen and oxygen atoms in total. The van der Waals surface area contributed by atoms with E-state index in [9.17, 15) is 19.2 Å². The molecular weight excluding hydrogens is 318 g/mol. The third kappa shape index (κ3) is 4.07. The summed E-state index contributed by atoms with van der Waals surface area (Å²) in [6.45, 7) is -0.0243. The van der Waals surface area contributed by atoms with Gasteiger partial charge in [-0.15, -0.1) is 0 Å². The highest BCUT2D eigenvalue weighted by Crippen LogP contribution is 2.20. The van der Waals surface area contributed by atoms with Crippen LogP contribution in [0.3, 0.4) is 0 Å². The molecule has 4 N–H and O–H groups in total. The minimum absolute atomic E-state index is 0.0243. The van der Waals surface area contributed by atoms with Gasteiger partial charge in [0.05, 0.1) is 6.04 Å². The number of imide groups is 1. The van der Waals surface area contributed by atoms with Crippen LogP contribution in [0.5, 0.6) is 0 Å². The first-order valence-corrected chi connectivity index (χ1v) is 7.18. The molecule has 1 aromatic carbocycles. The molecule has 0 spiro atoms. The number of benzene rings is 1. The molecule has 1 aliphatic rings. The Kier molecular flexibility index (Phi) is 5.48. The monoisotopic (exact) mass is 335 g/mol. The number of cyclic esters (lactones) is 1. The van der Waals surface area contributed by atoms with Gasteiger partial charge in [0.15, 0.2) is 0 Å². The maximum absolute atomic E-state index is 12.1. The van der Waals surface area contributed by atoms with E-state index >= 15 is 0 Å². The zero-order chi connectivity index (χ0) is 17.7. The Labute approximate surface area is 137 Å². The summed E-state index contributed by atoms with van der Waals surface area (Å²) in [5.41, 5.74) is 11.3. The summed E-state index contributed by atoms with van der Waals surface area (Å²) in [5, 5.41) is 0. The standard InChI is InChI=1S/C15H17N3O6/c16-10(6-7-11(17)19)12(20)18-13(24-15(18)22)14(21)23-8-9-4-2-1-3-5-9/h1-5,10,13H,6-8,16H2,(H2,17,19)/t10-,13-/m0/s1. The zero-order valence-corrected chi connectivity index (χ0v) is 12.7. The molecule has 2 atom stereocenters. The SMILES string of the molecule is NC(=O)CC[C@H](N)C(=O)N1C(=O)O[C@H]1C(=O)OCc1ccccc1. The van der Waals surface area contributed by atoms with Gasteiger partial charge >= 0.3 is 12.1 Å². The van der Waals surface area contributed by atoms with E-state index in [-0.39, 0.29) is 19.4 Å². The first kappa shape index (κ1) is 17.4. The molecule has 0 unspecified atom stereocenters. The van der Waals surface area contributed by atoms with Gasteiger partial charge < -0.3 is 20.9 Å². The fraction of sp³-hybridized carbons (Fsp3) is 0.333. The van der Waals surface area contributed by atoms with Crippen LogP contribution in [0.2, 0.25) is 0 Å². The van der Waals surface area contributed by atoms with Crippen molar-refractivity contribution in [1.82, 2.24) is 4.90 Å². The second kappa shape index (κ2) is 7.55. The Morgan fingerprint density at radius 2 is 1.92 bits per heavy atom. The molecule has 0 aliphatic carbocycles. The van der Waals surface area contributed by atoms with Crippen molar-refractivity contribution in [2.75, 3.05) is 0 Å². The van der Waals surface area contributed by atoms with Gasteiger partial charge in [-0.3, -0.25) is 9.59 Å². The highest BCUT2D eigenvalue weighted by atomic mass is 16.7. The number of esters is 1. The minimum atomic E-state index is -1.46. The lowest BCUT2D eigenvalue weighted by Gasteiger charge is -2.36. The lowest BCUT2D eigenvalue weighted by Crippen LogP contribution is -2.64. The van der Waals surface area contributed by atoms with Crippen molar-refractivity contribution in [3.05, 3.63) is 35.9 Å². The summed E-state index contributed by atoms with van der Waals surface area (Å²) < 4.78 is 9.66. The Hall–Kier alpha value is -2.94. The smallest absolute Gasteiger partial charge is 0.422 e. The Bertz CT molecular complexity index is 648. The van der Waals surface area contributed by atoms with Gasteiger partial charge in [0.2, 0.25) is 5.91 Å². The zero-order valence-electron chi connectivity index (χ0n) is 12.7. The molecule has 0 saturated carbocycles. The first-order chi connectivity index (χ1) is 11.4. The summed E-state index contributed by atoms with van der Waals surface area (Å²) in [5.74, 6) is -2.33. The Balaban J connectivity index is 1.90. The normalized spacial score (nSPS) is 17.5. The van der Waals surface area contributed by atoms with Crippen molar-refractivity contribution in [2.45, 2.75) is 31.7 Å². The lowest BCUT2D eigenvalue weighted by molar-refractivity contribution is -0.186. The minimum Gasteiger partial charge on any atom is -0.457 e. The number of nitrogens with two attached hydrogens (primary N) is 2. The maximum Gasteiger partial charge on any atom is 0.422 e. The molecule has 3 amide bonds. The molecule has 1 heterocycles. The predicted molar refractivity (Wildman–Crippen MR) is 79.8 cm³/mol. The van der Waals surface area contributed by atoms with Crippen LogP contribution in [0, 0.1) is 0 Å². The van der Waals surface area contributed by atoms with Gasteiger partial charge in [0, 0.05) is 6.42 Å². The average Bonchev–Trinajstić information content (AvgIpc) is 2.56. The maximum atomic E-state index is 12.1. The number of hydrogen-bond acceptors (Lipinski definition) is 7. The van der Waals surface area contributed by atoms with Gasteiger partial charge in [-0.1, -0.05) is 30.3 Å². The molecule has 1 fully saturated rings. The number of carbonyl (C=O) groups excluding carboxylic acids is 4. The first-order valence-electron chi connectivity index (χ1n) is 7.18. The van der Waals surface area contributed by atoms with Crippen molar-refractivity contribution in [1.29, 1.82) is 0 Å². The third-order valence-electron chi connectivity index (χ3n) is 3.33. The van der Waals surface area contributed by atoms with E-state index < -0.39 is 36.1 Å². The number of hydrogen-bond donors (Lipinski definition) is 2. The number of ether oxygens (including phenoxy) is 2. The number of nitrogens with zero attached hydrogens (tertiary/aromatic N) is 1. The molecule has 0 aromatic heterocycles. The van der Waals surface area contributed by atoms with Crippen LogP contribution in [0.15, 0.2) is 30.3 Å². The van der Waals surface area contributed by atoms with Crippen molar-refractivity contribution in [3.8, 4) is 0 Å². The van der Waals surface area contributed by atoms with Crippen LogP contribution >= 0.6 is 0 Å². The number of rotatable bonds is 7. The fourth-order valence-electron chi connectivity index (χ4n) is 2.01. The highest BCUT2D eigenvalue weighted by molar-refractivity contribution is 6.03. The fourth-order valence-corrected chi connectivity index (χ4v) is 2.01. The van der Waals surface area contributed by atoms with Gasteiger partial charge in [-0.25, -0.2) is 9.59 Å². The van der Waals surface area contributed by atoms with Crippen molar-refractivity contribution in [2.24, 2.45) is 11.5 Å². The molecule has 1 aromatic rings. The molecule has 2 rings (SSSR count). The van der Waals surface area contributed by atoms with Crippen LogP contribution in [0.4, 0.5) is 4.79 Å². The van der Waals surface area contributed by atoms with Crippen molar-refractivity contribution < 1.29 is 28.7 Å². The summed E-state index contributed by atoms with van der Waals surface area (Å²) in [7, 11) is 0. The lowest BCUT2D eigenvalue weighted by atomic mass is 10.1. The molecule has 0 radical (unpaired) electrons. The van der Waals surface area contributed by atoms with E-state index in [0.717, 1.165) is 5.56 Å². The summed E-state index contributed by atoms with van der Waals surface area (Å²) >= 11 is 0. The molecule has 1 aliphatic heterocycles. The van der Waals surface area contributed by atoms with Gasteiger partial charge in [-0.05, 0) is 12.0 Å². The molecule has 1 saturated heterocycles. The van der Waals surface area contributed by atoms with Crippen LogP contribution in [-0.4, -0.2) is 41.0 Å². The largest absolute Gasteiger partial charge is 0.457 e. The van der Waals surface area contributed by atoms with Gasteiger partial charge in [0.1, 0.15) is 6.61 Å². The van der Waals surface area contributed by atoms with E-state index in [4.69, 9.17) is 16.2 Å². The Morgan fingerprint density at radius 3 is 2.50 bits per heavy atom. The molecule has 9 heteroatoms. The van der Waals surface area contributed by atoms with E-state index in [2.05, 4.69) is 4.74 Å². The molecule has 0 bridgehead atoms. The van der Waals surface area contributed by atoms with Crippen LogP contribution in [0.1, 0.15) is 18.4 Å². The van der Waals surface area contributed by atoms with Crippen molar-refractivity contribution in [3.63, 3.8) is 0 Å². The summed E-state index contributed by atoms with van der Waals surface area (Å²) in [6.07, 6.45) is -2.60. The quantitative estimate of drug-likeness (QED) is 0.647. The second-order valence-corrected chi connectivity index (χ2v) is 5.15. The third-order valence-corrected chi connectivity index (χ3v) is 3.33. The van der Waals surface area contributed by atoms with Crippen LogP contribution in [-0.2, 0) is 30.5 Å². The number of primary amides is 1. The van der Waals surface area contributed by atoms with Gasteiger partial charge in [-0.2, -0.15) is 4.90 Å². The van der Waals surface area contributed by atoms with E-state index in [1.165, 1.54) is 0 Å². The van der Waals surface area contributed by atoms with Crippen LogP contribution in [0.25, 0.3) is 0 Å². The van der Waals surface area contributed by atoms with Crippen LogP contribution < -0.4 is 11.5 Å². The topological polar surface area (TPSA) is 142 Å². The van der Waals surface area contributed by atoms with E-state index in [1.54, 1.807) is 24.3 Å². The number of amides is 3. The Morgan fingerprint density at radius 1 is 1.25 bits per heavy atom. The average molecular weight is 335 g/mol. The predicted octanol–water partition coefficient (Wildman–Crippen LogP) is -0.373. The van der Waals surface area contributed by atoms with Crippen molar-refractivity contribution >= 4 is 23.9 Å². The second-order valence-electron chi connectivity index (χ2n) is 5.15. The highest BCUT2D eigenvalue weighted by Gasteiger charge is 2.50. The molecule has 128 valence electrons. The molecule has 24 heavy (non-hydrogen) atoms.